The zero-order valence-corrected chi connectivity index (χ0v) is 12.9. The van der Waals surface area contributed by atoms with Crippen molar-refractivity contribution < 1.29 is 0 Å². The monoisotopic (exact) mass is 305 g/mol. The van der Waals surface area contributed by atoms with Crippen LogP contribution in [0.5, 0.6) is 0 Å². The van der Waals surface area contributed by atoms with Crippen LogP contribution in [0.1, 0.15) is 30.4 Å². The second kappa shape index (κ2) is 4.78. The Morgan fingerprint density at radius 1 is 1.26 bits per heavy atom. The van der Waals surface area contributed by atoms with Gasteiger partial charge in [-0.25, -0.2) is 9.97 Å². The first-order chi connectivity index (χ1) is 11.4. The third-order valence-corrected chi connectivity index (χ3v) is 5.62. The molecule has 1 spiro atoms. The molecular formula is C18H19N5. The minimum Gasteiger partial charge on any atom is -0.369 e. The lowest BCUT2D eigenvalue weighted by molar-refractivity contribution is 0.503. The number of nitrogens with one attached hydrogen (secondary N) is 2. The van der Waals surface area contributed by atoms with Crippen LogP contribution in [0.2, 0.25) is 0 Å². The molecule has 2 atom stereocenters. The smallest absolute Gasteiger partial charge is 0.160 e. The van der Waals surface area contributed by atoms with Crippen LogP contribution in [0.15, 0.2) is 36.8 Å². The molecule has 5 rings (SSSR count). The van der Waals surface area contributed by atoms with Crippen molar-refractivity contribution in [2.24, 2.45) is 5.92 Å². The van der Waals surface area contributed by atoms with Crippen LogP contribution < -0.4 is 5.32 Å². The van der Waals surface area contributed by atoms with Crippen LogP contribution >= 0.6 is 0 Å². The first kappa shape index (κ1) is 13.0. The highest BCUT2D eigenvalue weighted by Gasteiger charge is 2.55. The van der Waals surface area contributed by atoms with E-state index in [0.717, 1.165) is 23.4 Å². The molecule has 0 aliphatic heterocycles. The van der Waals surface area contributed by atoms with Gasteiger partial charge >= 0.3 is 0 Å². The Morgan fingerprint density at radius 2 is 2.22 bits per heavy atom. The van der Waals surface area contributed by atoms with E-state index in [9.17, 15) is 0 Å². The minimum absolute atomic E-state index is 0.407. The number of hydrogen-bond donors (Lipinski definition) is 2. The molecule has 116 valence electrons. The normalized spacial score (nSPS) is 25.5. The van der Waals surface area contributed by atoms with Gasteiger partial charge in [0.25, 0.3) is 0 Å². The summed E-state index contributed by atoms with van der Waals surface area (Å²) < 4.78 is 0. The van der Waals surface area contributed by atoms with Crippen LogP contribution in [0.25, 0.3) is 11.0 Å². The molecule has 2 N–H and O–H groups in total. The highest BCUT2D eigenvalue weighted by Crippen LogP contribution is 2.60. The number of H-pyrrole nitrogens is 1. The van der Waals surface area contributed by atoms with Gasteiger partial charge in [-0.2, -0.15) is 5.10 Å². The second-order valence-corrected chi connectivity index (χ2v) is 6.80. The molecule has 2 aliphatic rings. The fraction of sp³-hybridized carbons (Fsp3) is 0.389. The van der Waals surface area contributed by atoms with Crippen LogP contribution in [-0.4, -0.2) is 26.7 Å². The molecule has 2 heterocycles. The van der Waals surface area contributed by atoms with Gasteiger partial charge in [0.1, 0.15) is 12.1 Å². The van der Waals surface area contributed by atoms with Gasteiger partial charge in [0.15, 0.2) is 5.65 Å². The summed E-state index contributed by atoms with van der Waals surface area (Å²) in [6.07, 6.45) is 8.53. The maximum Gasteiger partial charge on any atom is 0.160 e. The van der Waals surface area contributed by atoms with Gasteiger partial charge in [0.05, 0.1) is 11.6 Å². The maximum absolute atomic E-state index is 4.37. The Balaban J connectivity index is 1.37. The lowest BCUT2D eigenvalue weighted by atomic mass is 9.78. The number of nitrogens with zero attached hydrogens (tertiary/aromatic N) is 3. The van der Waals surface area contributed by atoms with E-state index < -0.39 is 0 Å². The quantitative estimate of drug-likeness (QED) is 0.780. The predicted octanol–water partition coefficient (Wildman–Crippen LogP) is 3.06. The van der Waals surface area contributed by atoms with Crippen molar-refractivity contribution in [2.45, 2.75) is 31.1 Å². The third kappa shape index (κ3) is 1.96. The fourth-order valence-electron chi connectivity index (χ4n) is 4.36. The van der Waals surface area contributed by atoms with Crippen molar-refractivity contribution in [1.82, 2.24) is 20.2 Å². The first-order valence-corrected chi connectivity index (χ1v) is 8.33. The summed E-state index contributed by atoms with van der Waals surface area (Å²) in [6, 6.07) is 9.00. The second-order valence-electron chi connectivity index (χ2n) is 6.80. The van der Waals surface area contributed by atoms with Crippen molar-refractivity contribution >= 4 is 16.9 Å². The predicted molar refractivity (Wildman–Crippen MR) is 89.3 cm³/mol. The highest BCUT2D eigenvalue weighted by atomic mass is 15.2. The van der Waals surface area contributed by atoms with E-state index in [2.05, 4.69) is 49.7 Å². The number of benzene rings is 1. The van der Waals surface area contributed by atoms with Crippen LogP contribution in [0.4, 0.5) is 5.82 Å². The number of hydrogen-bond acceptors (Lipinski definition) is 4. The van der Waals surface area contributed by atoms with Gasteiger partial charge in [-0.15, -0.1) is 0 Å². The molecule has 2 aliphatic carbocycles. The summed E-state index contributed by atoms with van der Waals surface area (Å²) in [4.78, 5) is 8.56. The van der Waals surface area contributed by atoms with Gasteiger partial charge in [0, 0.05) is 12.0 Å². The maximum atomic E-state index is 4.37. The van der Waals surface area contributed by atoms with E-state index in [0.29, 0.717) is 11.3 Å². The van der Waals surface area contributed by atoms with E-state index in [1.165, 1.54) is 25.7 Å². The average molecular weight is 305 g/mol. The Morgan fingerprint density at radius 3 is 3.22 bits per heavy atom. The van der Waals surface area contributed by atoms with Crippen LogP contribution in [-0.2, 0) is 11.8 Å². The summed E-state index contributed by atoms with van der Waals surface area (Å²) in [6.45, 7) is 0.964. The lowest BCUT2D eigenvalue weighted by Crippen LogP contribution is -2.21. The van der Waals surface area contributed by atoms with Crippen molar-refractivity contribution in [3.63, 3.8) is 0 Å². The summed E-state index contributed by atoms with van der Waals surface area (Å²) in [5.41, 5.74) is 4.34. The number of aromatic nitrogens is 4. The molecule has 0 radical (unpaired) electrons. The average Bonchev–Trinajstić information content (AvgIpc) is 3.05. The Labute approximate surface area is 134 Å². The zero-order chi connectivity index (χ0) is 15.3. The zero-order valence-electron chi connectivity index (χ0n) is 12.9. The summed E-state index contributed by atoms with van der Waals surface area (Å²) >= 11 is 0. The minimum atomic E-state index is 0.407. The van der Waals surface area contributed by atoms with E-state index in [1.807, 2.05) is 0 Å². The van der Waals surface area contributed by atoms with Gasteiger partial charge in [-0.1, -0.05) is 24.3 Å². The summed E-state index contributed by atoms with van der Waals surface area (Å²) in [7, 11) is 0. The largest absolute Gasteiger partial charge is 0.369 e. The SMILES string of the molecule is c1ccc2c(c1)CCCC21CC1CNc1ncnc2[nH]ncc12. The Hall–Kier alpha value is -2.43. The molecule has 0 bridgehead atoms. The molecule has 5 nitrogen and oxygen atoms in total. The molecule has 3 aromatic rings. The van der Waals surface area contributed by atoms with Crippen molar-refractivity contribution in [1.29, 1.82) is 0 Å². The van der Waals surface area contributed by atoms with Crippen LogP contribution in [0, 0.1) is 5.92 Å². The molecule has 5 heteroatoms. The number of anilines is 1. The van der Waals surface area contributed by atoms with Crippen LogP contribution in [0.3, 0.4) is 0 Å². The number of aromatic amines is 1. The Bertz CT molecular complexity index is 870. The molecule has 0 amide bonds. The third-order valence-electron chi connectivity index (χ3n) is 5.62. The topological polar surface area (TPSA) is 66.5 Å². The molecule has 1 saturated carbocycles. The standard InChI is InChI=1S/C18H19N5/c1-2-6-15-12(4-1)5-3-7-18(15)8-13(18)9-19-16-14-10-22-23-17(14)21-11-20-16/h1-2,4,6,10-11,13H,3,5,7-9H2,(H2,19,20,21,22,23). The highest BCUT2D eigenvalue weighted by molar-refractivity contribution is 5.85. The molecule has 1 fully saturated rings. The van der Waals surface area contributed by atoms with Gasteiger partial charge in [0.2, 0.25) is 0 Å². The Kier molecular flexibility index (Phi) is 2.71. The van der Waals surface area contributed by atoms with Gasteiger partial charge < -0.3 is 5.32 Å². The van der Waals surface area contributed by atoms with E-state index in [-0.39, 0.29) is 0 Å². The van der Waals surface area contributed by atoms with Gasteiger partial charge in [-0.3, -0.25) is 5.10 Å². The van der Waals surface area contributed by atoms with Gasteiger partial charge in [-0.05, 0) is 42.7 Å². The van der Waals surface area contributed by atoms with E-state index in [1.54, 1.807) is 23.7 Å². The number of fused-ring (bicyclic) bond motifs is 3. The lowest BCUT2D eigenvalue weighted by Gasteiger charge is -2.26. The molecule has 2 aromatic heterocycles. The van der Waals surface area contributed by atoms with E-state index >= 15 is 0 Å². The number of rotatable bonds is 3. The summed E-state index contributed by atoms with van der Waals surface area (Å²) in [5.74, 6) is 1.58. The molecular weight excluding hydrogens is 286 g/mol. The van der Waals surface area contributed by atoms with E-state index in [4.69, 9.17) is 0 Å². The van der Waals surface area contributed by atoms with Crippen molar-refractivity contribution in [3.05, 3.63) is 47.9 Å². The molecule has 23 heavy (non-hydrogen) atoms. The first-order valence-electron chi connectivity index (χ1n) is 8.33. The molecule has 2 unspecified atom stereocenters. The fourth-order valence-corrected chi connectivity index (χ4v) is 4.36. The van der Waals surface area contributed by atoms with Crippen molar-refractivity contribution in [2.75, 3.05) is 11.9 Å². The summed E-state index contributed by atoms with van der Waals surface area (Å²) in [5, 5.41) is 11.4. The van der Waals surface area contributed by atoms with Crippen molar-refractivity contribution in [3.8, 4) is 0 Å². The molecule has 0 saturated heterocycles. The molecule has 1 aromatic carbocycles. The number of aryl methyl sites for hydroxylation is 1.